The molecule has 2 heterocycles. The van der Waals surface area contributed by atoms with Crippen LogP contribution in [0.15, 0.2) is 12.1 Å². The summed E-state index contributed by atoms with van der Waals surface area (Å²) < 4.78 is 32.5. The maximum Gasteiger partial charge on any atom is 0.495 e. The number of carbonyl (C=O) groups excluding carboxylic acids is 2. The average Bonchev–Trinajstić information content (AvgIpc) is 2.93. The van der Waals surface area contributed by atoms with Gasteiger partial charge < -0.3 is 24.3 Å². The summed E-state index contributed by atoms with van der Waals surface area (Å²) in [6.45, 7) is 16.6. The third-order valence-corrected chi connectivity index (χ3v) is 6.93. The van der Waals surface area contributed by atoms with E-state index in [-0.39, 0.29) is 17.4 Å². The molecule has 0 saturated carbocycles. The molecule has 7 nitrogen and oxygen atoms in total. The molecule has 0 aliphatic carbocycles. The zero-order chi connectivity index (χ0) is 25.5. The molecular weight excluding hydrogens is 438 g/mol. The molecule has 2 fully saturated rings. The standard InChI is InChI=1S/C25H38BFN2O5/c1-16-13-18(20(27)14-19(16)26-33-24(5,6)25(7,8)34-26)21(30)29-11-9-17(10-12-29)15-28-22(31)32-23(2,3)4/h13-14,17H,9-12,15H2,1-8H3,(H,28,31). The van der Waals surface area contributed by atoms with E-state index in [1.807, 2.05) is 55.4 Å². The molecule has 2 aliphatic heterocycles. The third kappa shape index (κ3) is 5.92. The van der Waals surface area contributed by atoms with E-state index in [9.17, 15) is 9.59 Å². The summed E-state index contributed by atoms with van der Waals surface area (Å²) in [6, 6.07) is 2.95. The van der Waals surface area contributed by atoms with Gasteiger partial charge in [-0.1, -0.05) is 5.56 Å². The zero-order valence-electron chi connectivity index (χ0n) is 21.7. The summed E-state index contributed by atoms with van der Waals surface area (Å²) in [4.78, 5) is 26.6. The predicted octanol–water partition coefficient (Wildman–Crippen LogP) is 3.81. The number of nitrogens with zero attached hydrogens (tertiary/aromatic N) is 1. The number of alkyl carbamates (subject to hydrolysis) is 1. The molecule has 0 unspecified atom stereocenters. The second-order valence-electron chi connectivity index (χ2n) is 11.4. The van der Waals surface area contributed by atoms with Gasteiger partial charge in [0.15, 0.2) is 0 Å². The van der Waals surface area contributed by atoms with Crippen molar-refractivity contribution in [3.8, 4) is 0 Å². The van der Waals surface area contributed by atoms with E-state index in [2.05, 4.69) is 5.32 Å². The van der Waals surface area contributed by atoms with E-state index in [1.165, 1.54) is 6.07 Å². The van der Waals surface area contributed by atoms with Crippen molar-refractivity contribution in [1.29, 1.82) is 0 Å². The quantitative estimate of drug-likeness (QED) is 0.669. The van der Waals surface area contributed by atoms with Gasteiger partial charge in [0.05, 0.1) is 16.8 Å². The van der Waals surface area contributed by atoms with Crippen molar-refractivity contribution in [3.05, 3.63) is 29.1 Å². The van der Waals surface area contributed by atoms with Crippen LogP contribution in [0, 0.1) is 18.7 Å². The zero-order valence-corrected chi connectivity index (χ0v) is 21.7. The lowest BCUT2D eigenvalue weighted by Crippen LogP contribution is -2.43. The monoisotopic (exact) mass is 476 g/mol. The van der Waals surface area contributed by atoms with Crippen LogP contribution in [0.4, 0.5) is 9.18 Å². The van der Waals surface area contributed by atoms with E-state index in [0.717, 1.165) is 18.4 Å². The fraction of sp³-hybridized carbons (Fsp3) is 0.680. The normalized spacial score (nSPS) is 20.4. The first kappa shape index (κ1) is 26.5. The lowest BCUT2D eigenvalue weighted by Gasteiger charge is -2.32. The molecule has 1 aromatic rings. The third-order valence-electron chi connectivity index (χ3n) is 6.93. The number of hydrogen-bond acceptors (Lipinski definition) is 5. The number of halogens is 1. The Kier molecular flexibility index (Phi) is 7.39. The van der Waals surface area contributed by atoms with Gasteiger partial charge in [-0.05, 0) is 91.7 Å². The molecule has 0 aromatic heterocycles. The molecule has 0 bridgehead atoms. The maximum atomic E-state index is 15.1. The maximum absolute atomic E-state index is 15.1. The molecular formula is C25H38BFN2O5. The molecule has 2 saturated heterocycles. The van der Waals surface area contributed by atoms with Gasteiger partial charge in [-0.25, -0.2) is 9.18 Å². The second kappa shape index (κ2) is 9.49. The average molecular weight is 476 g/mol. The number of hydrogen-bond donors (Lipinski definition) is 1. The van der Waals surface area contributed by atoms with Crippen LogP contribution in [0.1, 0.15) is 77.2 Å². The molecule has 0 atom stereocenters. The molecule has 34 heavy (non-hydrogen) atoms. The molecule has 188 valence electrons. The number of carbonyl (C=O) groups is 2. The van der Waals surface area contributed by atoms with Gasteiger partial charge >= 0.3 is 13.2 Å². The first-order chi connectivity index (χ1) is 15.6. The number of likely N-dealkylation sites (tertiary alicyclic amines) is 1. The Labute approximate surface area is 202 Å². The first-order valence-electron chi connectivity index (χ1n) is 12.0. The lowest BCUT2D eigenvalue weighted by atomic mass is 9.75. The Morgan fingerprint density at radius 2 is 1.71 bits per heavy atom. The summed E-state index contributed by atoms with van der Waals surface area (Å²) in [5.41, 5.74) is -0.197. The van der Waals surface area contributed by atoms with Crippen molar-refractivity contribution in [2.75, 3.05) is 19.6 Å². The SMILES string of the molecule is Cc1cc(C(=O)N2CCC(CNC(=O)OC(C)(C)C)CC2)c(F)cc1B1OC(C)(C)C(C)(C)O1. The Balaban J connectivity index is 1.60. The minimum absolute atomic E-state index is 0.0584. The van der Waals surface area contributed by atoms with Gasteiger partial charge in [-0.15, -0.1) is 0 Å². The summed E-state index contributed by atoms with van der Waals surface area (Å²) >= 11 is 0. The van der Waals surface area contributed by atoms with Crippen LogP contribution in [-0.2, 0) is 14.0 Å². The summed E-state index contributed by atoms with van der Waals surface area (Å²) in [7, 11) is -0.683. The van der Waals surface area contributed by atoms with E-state index in [0.29, 0.717) is 25.1 Å². The van der Waals surface area contributed by atoms with Gasteiger partial charge in [0.1, 0.15) is 11.4 Å². The van der Waals surface area contributed by atoms with Crippen LogP contribution in [0.25, 0.3) is 0 Å². The highest BCUT2D eigenvalue weighted by Crippen LogP contribution is 2.37. The Bertz CT molecular complexity index is 920. The largest absolute Gasteiger partial charge is 0.495 e. The smallest absolute Gasteiger partial charge is 0.444 e. The molecule has 3 rings (SSSR count). The minimum Gasteiger partial charge on any atom is -0.444 e. The number of aryl methyl sites for hydroxylation is 1. The van der Waals surface area contributed by atoms with Crippen molar-refractivity contribution in [1.82, 2.24) is 10.2 Å². The van der Waals surface area contributed by atoms with Gasteiger partial charge in [0.2, 0.25) is 0 Å². The van der Waals surface area contributed by atoms with Gasteiger partial charge in [0, 0.05) is 19.6 Å². The first-order valence-corrected chi connectivity index (χ1v) is 12.0. The summed E-state index contributed by atoms with van der Waals surface area (Å²) in [5.74, 6) is -0.650. The van der Waals surface area contributed by atoms with Crippen LogP contribution >= 0.6 is 0 Å². The Morgan fingerprint density at radius 3 is 2.24 bits per heavy atom. The number of piperidine rings is 1. The lowest BCUT2D eigenvalue weighted by molar-refractivity contribution is 0.00578. The topological polar surface area (TPSA) is 77.1 Å². The van der Waals surface area contributed by atoms with Crippen LogP contribution in [0.5, 0.6) is 0 Å². The summed E-state index contributed by atoms with van der Waals surface area (Å²) in [5, 5.41) is 2.80. The highest BCUT2D eigenvalue weighted by atomic mass is 19.1. The number of amides is 2. The molecule has 9 heteroatoms. The number of benzene rings is 1. The number of ether oxygens (including phenoxy) is 1. The van der Waals surface area contributed by atoms with Gasteiger partial charge in [-0.3, -0.25) is 4.79 Å². The van der Waals surface area contributed by atoms with Crippen molar-refractivity contribution < 1.29 is 28.0 Å². The van der Waals surface area contributed by atoms with Crippen LogP contribution in [-0.4, -0.2) is 60.5 Å². The number of rotatable bonds is 4. The highest BCUT2D eigenvalue weighted by Gasteiger charge is 2.52. The molecule has 0 spiro atoms. The van der Waals surface area contributed by atoms with E-state index in [1.54, 1.807) is 11.0 Å². The molecule has 2 amide bonds. The van der Waals surface area contributed by atoms with Crippen LogP contribution < -0.4 is 10.8 Å². The van der Waals surface area contributed by atoms with E-state index >= 15 is 4.39 Å². The minimum atomic E-state index is -0.683. The molecule has 1 aromatic carbocycles. The Hall–Kier alpha value is -2.13. The van der Waals surface area contributed by atoms with Crippen LogP contribution in [0.3, 0.4) is 0 Å². The number of nitrogens with one attached hydrogen (secondary N) is 1. The second-order valence-corrected chi connectivity index (χ2v) is 11.4. The molecule has 0 radical (unpaired) electrons. The van der Waals surface area contributed by atoms with E-state index < -0.39 is 35.8 Å². The van der Waals surface area contributed by atoms with E-state index in [4.69, 9.17) is 14.0 Å². The van der Waals surface area contributed by atoms with Gasteiger partial charge in [0.25, 0.3) is 5.91 Å². The fourth-order valence-corrected chi connectivity index (χ4v) is 4.14. The van der Waals surface area contributed by atoms with Gasteiger partial charge in [-0.2, -0.15) is 0 Å². The van der Waals surface area contributed by atoms with Crippen molar-refractivity contribution in [3.63, 3.8) is 0 Å². The molecule has 2 aliphatic rings. The van der Waals surface area contributed by atoms with Crippen molar-refractivity contribution >= 4 is 24.6 Å². The highest BCUT2D eigenvalue weighted by molar-refractivity contribution is 6.62. The van der Waals surface area contributed by atoms with Crippen molar-refractivity contribution in [2.45, 2.75) is 85.0 Å². The summed E-state index contributed by atoms with van der Waals surface area (Å²) in [6.07, 6.45) is 1.02. The predicted molar refractivity (Wildman–Crippen MR) is 130 cm³/mol. The molecule has 1 N–H and O–H groups in total. The Morgan fingerprint density at radius 1 is 1.15 bits per heavy atom. The fourth-order valence-electron chi connectivity index (χ4n) is 4.14. The van der Waals surface area contributed by atoms with Crippen molar-refractivity contribution in [2.24, 2.45) is 5.92 Å². The van der Waals surface area contributed by atoms with Crippen LogP contribution in [0.2, 0.25) is 0 Å².